The SMILES string of the molecule is CSC1CCCC1n1nnnc1CCl. The largest absolute Gasteiger partial charge is 0.224 e. The molecule has 1 aliphatic carbocycles. The highest BCUT2D eigenvalue weighted by atomic mass is 35.5. The highest BCUT2D eigenvalue weighted by Crippen LogP contribution is 2.37. The number of tetrazole rings is 1. The van der Waals surface area contributed by atoms with E-state index in [-0.39, 0.29) is 0 Å². The third kappa shape index (κ3) is 1.75. The summed E-state index contributed by atoms with van der Waals surface area (Å²) in [6, 6.07) is 0.439. The molecule has 1 aliphatic rings. The second-order valence-corrected chi connectivity index (χ2v) is 4.79. The van der Waals surface area contributed by atoms with Crippen molar-refractivity contribution in [1.29, 1.82) is 0 Å². The Kier molecular flexibility index (Phi) is 3.28. The molecule has 0 spiro atoms. The maximum absolute atomic E-state index is 5.77. The number of rotatable bonds is 3. The fourth-order valence-corrected chi connectivity index (χ4v) is 3.16. The van der Waals surface area contributed by atoms with Crippen LogP contribution in [0.25, 0.3) is 0 Å². The molecule has 2 unspecified atom stereocenters. The molecular formula is C8H13ClN4S. The second-order valence-electron chi connectivity index (χ2n) is 3.45. The van der Waals surface area contributed by atoms with Gasteiger partial charge in [-0.25, -0.2) is 4.68 Å². The van der Waals surface area contributed by atoms with Gasteiger partial charge in [0.15, 0.2) is 5.82 Å². The number of aromatic nitrogens is 4. The van der Waals surface area contributed by atoms with Crippen LogP contribution in [0.3, 0.4) is 0 Å². The van der Waals surface area contributed by atoms with Crippen LogP contribution in [-0.4, -0.2) is 31.7 Å². The maximum atomic E-state index is 5.77. The number of halogens is 1. The zero-order chi connectivity index (χ0) is 9.97. The summed E-state index contributed by atoms with van der Waals surface area (Å²) in [5, 5.41) is 12.2. The van der Waals surface area contributed by atoms with Crippen molar-refractivity contribution in [3.63, 3.8) is 0 Å². The lowest BCUT2D eigenvalue weighted by molar-refractivity contribution is 0.450. The van der Waals surface area contributed by atoms with Gasteiger partial charge < -0.3 is 0 Å². The van der Waals surface area contributed by atoms with E-state index < -0.39 is 0 Å². The third-order valence-corrected chi connectivity index (χ3v) is 4.11. The normalized spacial score (nSPS) is 27.0. The summed E-state index contributed by atoms with van der Waals surface area (Å²) in [6.45, 7) is 0. The minimum Gasteiger partial charge on any atom is -0.224 e. The molecule has 14 heavy (non-hydrogen) atoms. The van der Waals surface area contributed by atoms with E-state index in [1.165, 1.54) is 19.3 Å². The second kappa shape index (κ2) is 4.49. The molecule has 1 saturated carbocycles. The van der Waals surface area contributed by atoms with Gasteiger partial charge in [0, 0.05) is 5.25 Å². The van der Waals surface area contributed by atoms with Gasteiger partial charge in [0.1, 0.15) is 0 Å². The first-order valence-electron chi connectivity index (χ1n) is 4.72. The Morgan fingerprint density at radius 2 is 2.43 bits per heavy atom. The van der Waals surface area contributed by atoms with Crippen molar-refractivity contribution in [2.45, 2.75) is 36.4 Å². The van der Waals surface area contributed by atoms with E-state index in [1.807, 2.05) is 16.4 Å². The topological polar surface area (TPSA) is 43.6 Å². The Labute approximate surface area is 92.4 Å². The van der Waals surface area contributed by atoms with Gasteiger partial charge in [0.2, 0.25) is 0 Å². The Hall–Kier alpha value is -0.290. The van der Waals surface area contributed by atoms with Crippen LogP contribution < -0.4 is 0 Å². The molecule has 1 fully saturated rings. The van der Waals surface area contributed by atoms with Gasteiger partial charge in [0.25, 0.3) is 0 Å². The molecule has 0 amide bonds. The molecule has 1 aromatic rings. The van der Waals surface area contributed by atoms with Crippen molar-refractivity contribution >= 4 is 23.4 Å². The van der Waals surface area contributed by atoms with Gasteiger partial charge >= 0.3 is 0 Å². The van der Waals surface area contributed by atoms with Gasteiger partial charge in [-0.3, -0.25) is 0 Å². The van der Waals surface area contributed by atoms with Crippen LogP contribution in [0.2, 0.25) is 0 Å². The predicted octanol–water partition coefficient (Wildman–Crippen LogP) is 1.87. The van der Waals surface area contributed by atoms with Crippen LogP contribution in [-0.2, 0) is 5.88 Å². The minimum absolute atomic E-state index is 0.393. The Morgan fingerprint density at radius 1 is 1.57 bits per heavy atom. The van der Waals surface area contributed by atoms with Crippen LogP contribution in [0.5, 0.6) is 0 Å². The van der Waals surface area contributed by atoms with Crippen LogP contribution in [0.15, 0.2) is 0 Å². The first-order chi connectivity index (χ1) is 6.86. The van der Waals surface area contributed by atoms with Crippen LogP contribution in [0, 0.1) is 0 Å². The standard InChI is InChI=1S/C8H13ClN4S/c1-14-7-4-2-3-6(7)13-8(5-9)10-11-12-13/h6-7H,2-5H2,1H3. The summed E-state index contributed by atoms with van der Waals surface area (Å²) in [4.78, 5) is 0. The molecule has 6 heteroatoms. The van der Waals surface area contributed by atoms with Crippen molar-refractivity contribution in [3.8, 4) is 0 Å². The highest BCUT2D eigenvalue weighted by Gasteiger charge is 2.30. The Morgan fingerprint density at radius 3 is 3.14 bits per heavy atom. The van der Waals surface area contributed by atoms with E-state index in [4.69, 9.17) is 11.6 Å². The lowest BCUT2D eigenvalue weighted by atomic mass is 10.2. The Bertz CT molecular complexity index is 303. The molecule has 1 heterocycles. The average Bonchev–Trinajstić information content (AvgIpc) is 2.85. The van der Waals surface area contributed by atoms with E-state index in [0.29, 0.717) is 17.2 Å². The predicted molar refractivity (Wildman–Crippen MR) is 57.6 cm³/mol. The van der Waals surface area contributed by atoms with Crippen molar-refractivity contribution in [2.24, 2.45) is 0 Å². The molecule has 1 aromatic heterocycles. The highest BCUT2D eigenvalue weighted by molar-refractivity contribution is 7.99. The average molecular weight is 233 g/mol. The van der Waals surface area contributed by atoms with E-state index in [1.54, 1.807) is 0 Å². The molecule has 0 saturated heterocycles. The van der Waals surface area contributed by atoms with E-state index in [2.05, 4.69) is 21.8 Å². The van der Waals surface area contributed by atoms with Crippen molar-refractivity contribution < 1.29 is 0 Å². The molecule has 2 atom stereocenters. The number of hydrogen-bond donors (Lipinski definition) is 0. The fraction of sp³-hybridized carbons (Fsp3) is 0.875. The van der Waals surface area contributed by atoms with Gasteiger partial charge in [-0.1, -0.05) is 6.42 Å². The monoisotopic (exact) mass is 232 g/mol. The smallest absolute Gasteiger partial charge is 0.166 e. The molecule has 0 bridgehead atoms. The Balaban J connectivity index is 2.21. The summed E-state index contributed by atoms with van der Waals surface area (Å²) >= 11 is 7.67. The van der Waals surface area contributed by atoms with E-state index in [0.717, 1.165) is 5.82 Å². The number of thioether (sulfide) groups is 1. The lowest BCUT2D eigenvalue weighted by Gasteiger charge is -2.17. The molecular weight excluding hydrogens is 220 g/mol. The zero-order valence-corrected chi connectivity index (χ0v) is 9.63. The molecule has 2 rings (SSSR count). The van der Waals surface area contributed by atoms with Crippen molar-refractivity contribution in [3.05, 3.63) is 5.82 Å². The summed E-state index contributed by atoms with van der Waals surface area (Å²) in [5.74, 6) is 1.18. The van der Waals surface area contributed by atoms with Gasteiger partial charge in [-0.15, -0.1) is 16.7 Å². The number of hydrogen-bond acceptors (Lipinski definition) is 4. The van der Waals surface area contributed by atoms with Crippen LogP contribution in [0.1, 0.15) is 31.1 Å². The van der Waals surface area contributed by atoms with Gasteiger partial charge in [-0.2, -0.15) is 11.8 Å². The summed E-state index contributed by atoms with van der Waals surface area (Å²) < 4.78 is 1.90. The zero-order valence-electron chi connectivity index (χ0n) is 8.06. The van der Waals surface area contributed by atoms with Crippen molar-refractivity contribution in [1.82, 2.24) is 20.2 Å². The maximum Gasteiger partial charge on any atom is 0.166 e. The molecule has 0 aliphatic heterocycles. The molecule has 0 aromatic carbocycles. The fourth-order valence-electron chi connectivity index (χ4n) is 2.02. The number of nitrogens with zero attached hydrogens (tertiary/aromatic N) is 4. The van der Waals surface area contributed by atoms with Gasteiger partial charge in [-0.05, 0) is 29.5 Å². The van der Waals surface area contributed by atoms with Crippen molar-refractivity contribution in [2.75, 3.05) is 6.26 Å². The van der Waals surface area contributed by atoms with Gasteiger partial charge in [0.05, 0.1) is 11.9 Å². The quantitative estimate of drug-likeness (QED) is 0.747. The molecule has 4 nitrogen and oxygen atoms in total. The number of alkyl halides is 1. The lowest BCUT2D eigenvalue weighted by Crippen LogP contribution is -2.19. The van der Waals surface area contributed by atoms with Crippen LogP contribution >= 0.6 is 23.4 Å². The van der Waals surface area contributed by atoms with E-state index in [9.17, 15) is 0 Å². The third-order valence-electron chi connectivity index (χ3n) is 2.72. The minimum atomic E-state index is 0.393. The van der Waals surface area contributed by atoms with Crippen LogP contribution in [0.4, 0.5) is 0 Å². The summed E-state index contributed by atoms with van der Waals surface area (Å²) in [5.41, 5.74) is 0. The van der Waals surface area contributed by atoms with E-state index >= 15 is 0 Å². The first-order valence-corrected chi connectivity index (χ1v) is 6.54. The first kappa shape index (κ1) is 10.2. The molecule has 0 radical (unpaired) electrons. The molecule has 0 N–H and O–H groups in total. The summed E-state index contributed by atoms with van der Waals surface area (Å²) in [6.07, 6.45) is 5.83. The summed E-state index contributed by atoms with van der Waals surface area (Å²) in [7, 11) is 0. The molecule has 78 valence electrons.